The van der Waals surface area contributed by atoms with Crippen molar-refractivity contribution >= 4 is 11.3 Å². The van der Waals surface area contributed by atoms with Crippen LogP contribution in [0.2, 0.25) is 0 Å². The average molecular weight is 240 g/mol. The van der Waals surface area contributed by atoms with Crippen molar-refractivity contribution < 1.29 is 5.11 Å². The summed E-state index contributed by atoms with van der Waals surface area (Å²) in [6, 6.07) is 4.16. The normalized spacial score (nSPS) is 12.9. The standard InChI is InChI=1S/C14H24OS/c1-2-3-4-5-6-7-9-13(15)12-14-10-8-11-16-14/h8,10-11,13,15H,2-7,9,12H2,1H3. The largest absolute Gasteiger partial charge is 0.393 e. The molecular weight excluding hydrogens is 216 g/mol. The minimum Gasteiger partial charge on any atom is -0.393 e. The summed E-state index contributed by atoms with van der Waals surface area (Å²) in [7, 11) is 0. The molecule has 0 spiro atoms. The fraction of sp³-hybridized carbons (Fsp3) is 0.714. The fourth-order valence-corrected chi connectivity index (χ4v) is 2.70. The maximum atomic E-state index is 9.83. The van der Waals surface area contributed by atoms with Crippen LogP contribution in [0.4, 0.5) is 0 Å². The zero-order valence-corrected chi connectivity index (χ0v) is 11.1. The van der Waals surface area contributed by atoms with Crippen molar-refractivity contribution in [2.75, 3.05) is 0 Å². The number of rotatable bonds is 9. The van der Waals surface area contributed by atoms with Crippen LogP contribution in [0, 0.1) is 0 Å². The summed E-state index contributed by atoms with van der Waals surface area (Å²) in [5.41, 5.74) is 0. The number of hydrogen-bond acceptors (Lipinski definition) is 2. The van der Waals surface area contributed by atoms with Crippen LogP contribution in [0.1, 0.15) is 56.7 Å². The summed E-state index contributed by atoms with van der Waals surface area (Å²) in [4.78, 5) is 1.30. The summed E-state index contributed by atoms with van der Waals surface area (Å²) in [5, 5.41) is 11.9. The van der Waals surface area contributed by atoms with Gasteiger partial charge < -0.3 is 5.11 Å². The van der Waals surface area contributed by atoms with Gasteiger partial charge in [0.2, 0.25) is 0 Å². The Bertz CT molecular complexity index is 243. The van der Waals surface area contributed by atoms with Gasteiger partial charge in [-0.05, 0) is 17.9 Å². The molecular formula is C14H24OS. The van der Waals surface area contributed by atoms with E-state index in [1.165, 1.54) is 43.4 Å². The van der Waals surface area contributed by atoms with Crippen LogP contribution in [0.5, 0.6) is 0 Å². The first-order valence-corrected chi connectivity index (χ1v) is 7.41. The van der Waals surface area contributed by atoms with Gasteiger partial charge in [-0.15, -0.1) is 11.3 Å². The van der Waals surface area contributed by atoms with Crippen LogP contribution in [0.15, 0.2) is 17.5 Å². The molecule has 0 aliphatic heterocycles. The third-order valence-corrected chi connectivity index (χ3v) is 3.81. The van der Waals surface area contributed by atoms with Crippen LogP contribution in [0.25, 0.3) is 0 Å². The van der Waals surface area contributed by atoms with Gasteiger partial charge in [0.1, 0.15) is 0 Å². The van der Waals surface area contributed by atoms with E-state index in [0.29, 0.717) is 0 Å². The van der Waals surface area contributed by atoms with Crippen LogP contribution in [-0.2, 0) is 6.42 Å². The quantitative estimate of drug-likeness (QED) is 0.634. The Morgan fingerprint density at radius 2 is 1.94 bits per heavy atom. The van der Waals surface area contributed by atoms with Crippen LogP contribution >= 0.6 is 11.3 Å². The van der Waals surface area contributed by atoms with Gasteiger partial charge in [-0.3, -0.25) is 0 Å². The molecule has 1 rings (SSSR count). The number of aliphatic hydroxyl groups is 1. The third kappa shape index (κ3) is 6.29. The van der Waals surface area contributed by atoms with Crippen LogP contribution in [0.3, 0.4) is 0 Å². The van der Waals surface area contributed by atoms with E-state index in [-0.39, 0.29) is 6.10 Å². The molecule has 1 aromatic heterocycles. The topological polar surface area (TPSA) is 20.2 Å². The van der Waals surface area contributed by atoms with Gasteiger partial charge in [0.25, 0.3) is 0 Å². The molecule has 0 saturated carbocycles. The second kappa shape index (κ2) is 8.77. The van der Waals surface area contributed by atoms with E-state index in [2.05, 4.69) is 24.4 Å². The smallest absolute Gasteiger partial charge is 0.0588 e. The van der Waals surface area contributed by atoms with Gasteiger partial charge in [-0.1, -0.05) is 51.5 Å². The van der Waals surface area contributed by atoms with Crippen molar-refractivity contribution in [3.63, 3.8) is 0 Å². The number of thiophene rings is 1. The third-order valence-electron chi connectivity index (χ3n) is 2.91. The lowest BCUT2D eigenvalue weighted by atomic mass is 10.1. The Balaban J connectivity index is 1.96. The second-order valence-corrected chi connectivity index (χ2v) is 5.53. The zero-order chi connectivity index (χ0) is 11.6. The predicted octanol–water partition coefficient (Wildman–Crippen LogP) is 4.40. The van der Waals surface area contributed by atoms with Crippen molar-refractivity contribution in [1.29, 1.82) is 0 Å². The second-order valence-electron chi connectivity index (χ2n) is 4.49. The fourth-order valence-electron chi connectivity index (χ4n) is 1.92. The Kier molecular flexibility index (Phi) is 7.52. The molecule has 1 nitrogen and oxygen atoms in total. The molecule has 1 heterocycles. The molecule has 0 fully saturated rings. The maximum absolute atomic E-state index is 9.83. The highest BCUT2D eigenvalue weighted by atomic mass is 32.1. The molecule has 1 unspecified atom stereocenters. The van der Waals surface area contributed by atoms with Gasteiger partial charge in [0.05, 0.1) is 6.10 Å². The van der Waals surface area contributed by atoms with E-state index >= 15 is 0 Å². The summed E-state index contributed by atoms with van der Waals surface area (Å²) in [6.07, 6.45) is 9.48. The van der Waals surface area contributed by atoms with Crippen molar-refractivity contribution in [3.05, 3.63) is 22.4 Å². The summed E-state index contributed by atoms with van der Waals surface area (Å²) < 4.78 is 0. The minimum atomic E-state index is -0.134. The van der Waals surface area contributed by atoms with E-state index in [4.69, 9.17) is 0 Å². The molecule has 1 atom stereocenters. The van der Waals surface area contributed by atoms with Crippen molar-refractivity contribution in [2.45, 2.75) is 64.4 Å². The molecule has 16 heavy (non-hydrogen) atoms. The number of unbranched alkanes of at least 4 members (excludes halogenated alkanes) is 5. The van der Waals surface area contributed by atoms with E-state index < -0.39 is 0 Å². The first kappa shape index (κ1) is 13.7. The summed E-state index contributed by atoms with van der Waals surface area (Å²) >= 11 is 1.74. The molecule has 0 aliphatic carbocycles. The molecule has 1 N–H and O–H groups in total. The van der Waals surface area contributed by atoms with Gasteiger partial charge >= 0.3 is 0 Å². The van der Waals surface area contributed by atoms with E-state index in [1.807, 2.05) is 0 Å². The number of aliphatic hydroxyl groups excluding tert-OH is 1. The average Bonchev–Trinajstić information content (AvgIpc) is 2.76. The summed E-state index contributed by atoms with van der Waals surface area (Å²) in [5.74, 6) is 0. The Hall–Kier alpha value is -0.340. The molecule has 0 saturated heterocycles. The first-order valence-electron chi connectivity index (χ1n) is 6.53. The maximum Gasteiger partial charge on any atom is 0.0588 e. The zero-order valence-electron chi connectivity index (χ0n) is 10.3. The minimum absolute atomic E-state index is 0.134. The highest BCUT2D eigenvalue weighted by Crippen LogP contribution is 2.15. The van der Waals surface area contributed by atoms with Crippen molar-refractivity contribution in [3.8, 4) is 0 Å². The monoisotopic (exact) mass is 240 g/mol. The lowest BCUT2D eigenvalue weighted by molar-refractivity contribution is 0.161. The molecule has 0 radical (unpaired) electrons. The van der Waals surface area contributed by atoms with Gasteiger partial charge in [0, 0.05) is 11.3 Å². The van der Waals surface area contributed by atoms with Crippen molar-refractivity contribution in [1.82, 2.24) is 0 Å². The molecule has 0 aliphatic rings. The SMILES string of the molecule is CCCCCCCCC(O)Cc1cccs1. The number of hydrogen-bond donors (Lipinski definition) is 1. The molecule has 0 bridgehead atoms. The predicted molar refractivity (Wildman–Crippen MR) is 72.0 cm³/mol. The highest BCUT2D eigenvalue weighted by molar-refractivity contribution is 7.09. The lowest BCUT2D eigenvalue weighted by Gasteiger charge is -2.08. The van der Waals surface area contributed by atoms with E-state index in [1.54, 1.807) is 11.3 Å². The first-order chi connectivity index (χ1) is 7.83. The Morgan fingerprint density at radius 1 is 1.19 bits per heavy atom. The lowest BCUT2D eigenvalue weighted by Crippen LogP contribution is -2.09. The van der Waals surface area contributed by atoms with Gasteiger partial charge in [0.15, 0.2) is 0 Å². The van der Waals surface area contributed by atoms with Crippen LogP contribution in [-0.4, -0.2) is 11.2 Å². The summed E-state index contributed by atoms with van der Waals surface area (Å²) in [6.45, 7) is 2.24. The van der Waals surface area contributed by atoms with Crippen LogP contribution < -0.4 is 0 Å². The molecule has 0 aromatic carbocycles. The molecule has 92 valence electrons. The van der Waals surface area contributed by atoms with E-state index in [0.717, 1.165) is 12.8 Å². The van der Waals surface area contributed by atoms with Gasteiger partial charge in [-0.2, -0.15) is 0 Å². The Morgan fingerprint density at radius 3 is 2.62 bits per heavy atom. The molecule has 0 amide bonds. The van der Waals surface area contributed by atoms with E-state index in [9.17, 15) is 5.11 Å². The Labute approximate surface area is 104 Å². The van der Waals surface area contributed by atoms with Gasteiger partial charge in [-0.25, -0.2) is 0 Å². The van der Waals surface area contributed by atoms with Crippen molar-refractivity contribution in [2.24, 2.45) is 0 Å². The molecule has 2 heteroatoms. The highest BCUT2D eigenvalue weighted by Gasteiger charge is 2.05. The molecule has 1 aromatic rings.